The van der Waals surface area contributed by atoms with Gasteiger partial charge in [0.2, 0.25) is 0 Å². The highest BCUT2D eigenvalue weighted by Gasteiger charge is 2.19. The number of aryl methyl sites for hydroxylation is 1. The van der Waals surface area contributed by atoms with E-state index in [0.29, 0.717) is 5.92 Å². The van der Waals surface area contributed by atoms with Crippen LogP contribution in [-0.2, 0) is 0 Å². The summed E-state index contributed by atoms with van der Waals surface area (Å²) in [7, 11) is 0. The average Bonchev–Trinajstić information content (AvgIpc) is 2.62. The van der Waals surface area contributed by atoms with Gasteiger partial charge < -0.3 is 0 Å². The summed E-state index contributed by atoms with van der Waals surface area (Å²) in [5.41, 5.74) is 6.39. The summed E-state index contributed by atoms with van der Waals surface area (Å²) < 4.78 is 0. The Bertz CT molecular complexity index is 700. The van der Waals surface area contributed by atoms with Crippen molar-refractivity contribution in [2.24, 2.45) is 0 Å². The molecule has 1 aliphatic carbocycles. The third kappa shape index (κ3) is 3.48. The Labute approximate surface area is 140 Å². The number of benzene rings is 2. The van der Waals surface area contributed by atoms with Crippen molar-refractivity contribution < 1.29 is 0 Å². The van der Waals surface area contributed by atoms with Crippen LogP contribution < -0.4 is 0 Å². The maximum absolute atomic E-state index is 8.95. The molecule has 2 aromatic carbocycles. The van der Waals surface area contributed by atoms with Gasteiger partial charge in [0.1, 0.15) is 0 Å². The predicted octanol–water partition coefficient (Wildman–Crippen LogP) is 6.07. The van der Waals surface area contributed by atoms with E-state index in [-0.39, 0.29) is 0 Å². The smallest absolute Gasteiger partial charge is 0.0991 e. The molecule has 1 heteroatoms. The van der Waals surface area contributed by atoms with Crippen LogP contribution >= 0.6 is 0 Å². The first-order valence-corrected chi connectivity index (χ1v) is 8.79. The molecule has 0 aliphatic heterocycles. The number of nitriles is 1. The molecule has 118 valence electrons. The summed E-state index contributed by atoms with van der Waals surface area (Å²) in [5, 5.41) is 8.95. The third-order valence-electron chi connectivity index (χ3n) is 5.39. The van der Waals surface area contributed by atoms with Gasteiger partial charge in [-0.25, -0.2) is 0 Å². The Hall–Kier alpha value is -2.07. The summed E-state index contributed by atoms with van der Waals surface area (Å²) >= 11 is 0. The first-order chi connectivity index (χ1) is 11.2. The molecule has 1 atom stereocenters. The molecule has 0 radical (unpaired) electrons. The fourth-order valence-electron chi connectivity index (χ4n) is 3.82. The molecule has 23 heavy (non-hydrogen) atoms. The van der Waals surface area contributed by atoms with E-state index in [1.54, 1.807) is 5.56 Å². The molecule has 0 spiro atoms. The molecular weight excluding hydrogens is 278 g/mol. The quantitative estimate of drug-likeness (QED) is 0.675. The lowest BCUT2D eigenvalue weighted by Crippen LogP contribution is -2.07. The summed E-state index contributed by atoms with van der Waals surface area (Å²) in [4.78, 5) is 0. The van der Waals surface area contributed by atoms with Crippen LogP contribution in [0.2, 0.25) is 0 Å². The summed E-state index contributed by atoms with van der Waals surface area (Å²) in [6.45, 7) is 4.51. The van der Waals surface area contributed by atoms with Crippen LogP contribution in [0.5, 0.6) is 0 Å². The Kier molecular flexibility index (Phi) is 4.82. The summed E-state index contributed by atoms with van der Waals surface area (Å²) in [6.07, 6.45) is 6.83. The molecule has 1 aliphatic rings. The molecule has 0 amide bonds. The largest absolute Gasteiger partial charge is 0.192 e. The molecule has 0 saturated heterocycles. The fourth-order valence-corrected chi connectivity index (χ4v) is 3.82. The van der Waals surface area contributed by atoms with Gasteiger partial charge in [-0.2, -0.15) is 5.26 Å². The highest BCUT2D eigenvalue weighted by molar-refractivity contribution is 5.41. The molecule has 0 heterocycles. The normalized spacial score (nSPS) is 16.7. The van der Waals surface area contributed by atoms with Crippen LogP contribution in [0.25, 0.3) is 0 Å². The van der Waals surface area contributed by atoms with Crippen LogP contribution in [0.4, 0.5) is 0 Å². The molecule has 0 aromatic heterocycles. The molecule has 0 N–H and O–H groups in total. The molecule has 1 fully saturated rings. The zero-order valence-corrected chi connectivity index (χ0v) is 14.2. The summed E-state index contributed by atoms with van der Waals surface area (Å²) in [5.74, 6) is 1.11. The first-order valence-electron chi connectivity index (χ1n) is 8.79. The van der Waals surface area contributed by atoms with Crippen molar-refractivity contribution in [1.82, 2.24) is 0 Å². The van der Waals surface area contributed by atoms with Crippen molar-refractivity contribution in [3.8, 4) is 6.07 Å². The second-order valence-electron chi connectivity index (χ2n) is 6.91. The zero-order valence-electron chi connectivity index (χ0n) is 14.2. The van der Waals surface area contributed by atoms with Gasteiger partial charge in [-0.1, -0.05) is 56.5 Å². The molecule has 2 aromatic rings. The molecule has 1 nitrogen and oxygen atoms in total. The molecule has 0 bridgehead atoms. The van der Waals surface area contributed by atoms with Crippen molar-refractivity contribution in [3.63, 3.8) is 0 Å². The molecule has 1 saturated carbocycles. The maximum Gasteiger partial charge on any atom is 0.0991 e. The van der Waals surface area contributed by atoms with Crippen molar-refractivity contribution >= 4 is 0 Å². The fraction of sp³-hybridized carbons (Fsp3) is 0.409. The predicted molar refractivity (Wildman–Crippen MR) is 95.7 cm³/mol. The Morgan fingerprint density at radius 1 is 0.957 bits per heavy atom. The van der Waals surface area contributed by atoms with Gasteiger partial charge >= 0.3 is 0 Å². The van der Waals surface area contributed by atoms with Gasteiger partial charge in [-0.05, 0) is 60.1 Å². The van der Waals surface area contributed by atoms with Crippen LogP contribution in [0.3, 0.4) is 0 Å². The number of hydrogen-bond donors (Lipinski definition) is 0. The number of hydrogen-bond acceptors (Lipinski definition) is 1. The lowest BCUT2D eigenvalue weighted by molar-refractivity contribution is 0.442. The Morgan fingerprint density at radius 3 is 2.26 bits per heavy atom. The van der Waals surface area contributed by atoms with E-state index in [1.807, 2.05) is 12.1 Å². The van der Waals surface area contributed by atoms with E-state index in [9.17, 15) is 0 Å². The van der Waals surface area contributed by atoms with Crippen LogP contribution in [0, 0.1) is 18.3 Å². The van der Waals surface area contributed by atoms with Crippen LogP contribution in [0.15, 0.2) is 42.5 Å². The van der Waals surface area contributed by atoms with Crippen molar-refractivity contribution in [1.29, 1.82) is 5.26 Å². The molecule has 1 unspecified atom stereocenters. The SMILES string of the molecule is Cc1ccc(C(C)c2ccc(C#N)cc2)cc1C1CCCCC1. The minimum absolute atomic E-state index is 0.366. The topological polar surface area (TPSA) is 23.8 Å². The second kappa shape index (κ2) is 7.01. The second-order valence-corrected chi connectivity index (χ2v) is 6.91. The van der Waals surface area contributed by atoms with E-state index >= 15 is 0 Å². The molecular formula is C22H25N. The van der Waals surface area contributed by atoms with Gasteiger partial charge in [-0.3, -0.25) is 0 Å². The third-order valence-corrected chi connectivity index (χ3v) is 5.39. The highest BCUT2D eigenvalue weighted by Crippen LogP contribution is 2.36. The van der Waals surface area contributed by atoms with Crippen LogP contribution in [0.1, 0.15) is 78.7 Å². The van der Waals surface area contributed by atoms with E-state index in [0.717, 1.165) is 11.5 Å². The lowest BCUT2D eigenvalue weighted by atomic mass is 9.80. The van der Waals surface area contributed by atoms with Crippen molar-refractivity contribution in [3.05, 3.63) is 70.3 Å². The number of rotatable bonds is 3. The minimum Gasteiger partial charge on any atom is -0.192 e. The molecule has 3 rings (SSSR count). The van der Waals surface area contributed by atoms with Gasteiger partial charge in [0.25, 0.3) is 0 Å². The Morgan fingerprint density at radius 2 is 1.61 bits per heavy atom. The van der Waals surface area contributed by atoms with Crippen molar-refractivity contribution in [2.45, 2.75) is 57.8 Å². The van der Waals surface area contributed by atoms with Gasteiger partial charge in [0.05, 0.1) is 11.6 Å². The van der Waals surface area contributed by atoms with E-state index in [1.165, 1.54) is 48.8 Å². The monoisotopic (exact) mass is 303 g/mol. The standard InChI is InChI=1S/C22H25N/c1-16-8-11-21(14-22(16)20-6-4-3-5-7-20)17(2)19-12-9-18(15-23)10-13-19/h8-14,17,20H,3-7H2,1-2H3. The highest BCUT2D eigenvalue weighted by atomic mass is 14.2. The van der Waals surface area contributed by atoms with Gasteiger partial charge in [-0.15, -0.1) is 0 Å². The maximum atomic E-state index is 8.95. The van der Waals surface area contributed by atoms with E-state index < -0.39 is 0 Å². The van der Waals surface area contributed by atoms with Crippen molar-refractivity contribution in [2.75, 3.05) is 0 Å². The first kappa shape index (κ1) is 15.8. The summed E-state index contributed by atoms with van der Waals surface area (Å²) in [6, 6.07) is 17.2. The van der Waals surface area contributed by atoms with Crippen LogP contribution in [-0.4, -0.2) is 0 Å². The van der Waals surface area contributed by atoms with E-state index in [2.05, 4.69) is 50.2 Å². The lowest BCUT2D eigenvalue weighted by Gasteiger charge is -2.25. The van der Waals surface area contributed by atoms with E-state index in [4.69, 9.17) is 5.26 Å². The minimum atomic E-state index is 0.366. The zero-order chi connectivity index (χ0) is 16.2. The average molecular weight is 303 g/mol. The Balaban J connectivity index is 1.88. The van der Waals surface area contributed by atoms with Gasteiger partial charge in [0, 0.05) is 5.92 Å². The number of nitrogens with zero attached hydrogens (tertiary/aromatic N) is 1. The van der Waals surface area contributed by atoms with Gasteiger partial charge in [0.15, 0.2) is 0 Å².